The molecule has 1 saturated heterocycles. The summed E-state index contributed by atoms with van der Waals surface area (Å²) in [6.45, 7) is 14.1. The zero-order valence-corrected chi connectivity index (χ0v) is 11.8. The zero-order valence-electron chi connectivity index (χ0n) is 11.8. The number of piperazine rings is 1. The Labute approximate surface area is 102 Å². The molecule has 0 aromatic rings. The molecule has 0 aliphatic carbocycles. The Morgan fingerprint density at radius 1 is 1.31 bits per heavy atom. The van der Waals surface area contributed by atoms with Gasteiger partial charge in [-0.25, -0.2) is 0 Å². The van der Waals surface area contributed by atoms with Gasteiger partial charge >= 0.3 is 0 Å². The Hall–Kier alpha value is -0.0800. The molecule has 4 unspecified atom stereocenters. The Bertz CT molecular complexity index is 193. The number of rotatable bonds is 5. The minimum atomic E-state index is 0.696. The number of nitrogens with zero attached hydrogens (tertiary/aromatic N) is 1. The summed E-state index contributed by atoms with van der Waals surface area (Å²) in [6, 6.07) is 2.14. The van der Waals surface area contributed by atoms with E-state index in [-0.39, 0.29) is 0 Å². The average Bonchev–Trinajstić information content (AvgIpc) is 2.29. The maximum absolute atomic E-state index is 3.63. The molecule has 1 aliphatic heterocycles. The van der Waals surface area contributed by atoms with Gasteiger partial charge < -0.3 is 5.32 Å². The predicted octanol–water partition coefficient (Wildman–Crippen LogP) is 2.88. The molecule has 1 rings (SSSR count). The van der Waals surface area contributed by atoms with Gasteiger partial charge in [-0.1, -0.05) is 27.2 Å². The van der Waals surface area contributed by atoms with Crippen molar-refractivity contribution in [3.63, 3.8) is 0 Å². The normalized spacial score (nSPS) is 31.3. The summed E-state index contributed by atoms with van der Waals surface area (Å²) in [6.07, 6.45) is 3.90. The van der Waals surface area contributed by atoms with E-state index in [1.807, 2.05) is 0 Å². The Balaban J connectivity index is 2.48. The lowest BCUT2D eigenvalue weighted by Gasteiger charge is -2.42. The van der Waals surface area contributed by atoms with E-state index < -0.39 is 0 Å². The van der Waals surface area contributed by atoms with Crippen LogP contribution in [-0.4, -0.2) is 36.1 Å². The topological polar surface area (TPSA) is 15.3 Å². The van der Waals surface area contributed by atoms with Gasteiger partial charge in [0.25, 0.3) is 0 Å². The molecule has 1 fully saturated rings. The molecule has 1 aliphatic rings. The number of hydrogen-bond donors (Lipinski definition) is 1. The van der Waals surface area contributed by atoms with Gasteiger partial charge in [-0.2, -0.15) is 0 Å². The molecular formula is C14H30N2. The van der Waals surface area contributed by atoms with Gasteiger partial charge in [0.15, 0.2) is 0 Å². The van der Waals surface area contributed by atoms with Crippen LogP contribution in [0.2, 0.25) is 0 Å². The van der Waals surface area contributed by atoms with Crippen LogP contribution in [0.3, 0.4) is 0 Å². The monoisotopic (exact) mass is 226 g/mol. The molecule has 0 saturated carbocycles. The van der Waals surface area contributed by atoms with E-state index in [4.69, 9.17) is 0 Å². The molecule has 96 valence electrons. The summed E-state index contributed by atoms with van der Waals surface area (Å²) in [5.74, 6) is 0.858. The average molecular weight is 226 g/mol. The molecule has 0 amide bonds. The second kappa shape index (κ2) is 6.61. The van der Waals surface area contributed by atoms with Crippen molar-refractivity contribution in [2.75, 3.05) is 13.1 Å². The highest BCUT2D eigenvalue weighted by molar-refractivity contribution is 4.86. The fourth-order valence-electron chi connectivity index (χ4n) is 2.73. The van der Waals surface area contributed by atoms with Crippen LogP contribution in [0.25, 0.3) is 0 Å². The molecule has 4 atom stereocenters. The van der Waals surface area contributed by atoms with E-state index in [0.29, 0.717) is 12.1 Å². The van der Waals surface area contributed by atoms with Gasteiger partial charge in [0, 0.05) is 31.2 Å². The van der Waals surface area contributed by atoms with Crippen LogP contribution in [0.15, 0.2) is 0 Å². The van der Waals surface area contributed by atoms with Crippen molar-refractivity contribution in [1.82, 2.24) is 10.2 Å². The van der Waals surface area contributed by atoms with Gasteiger partial charge in [0.05, 0.1) is 0 Å². The second-order valence-corrected chi connectivity index (χ2v) is 5.66. The molecule has 2 heteroatoms. The lowest BCUT2D eigenvalue weighted by Crippen LogP contribution is -2.57. The van der Waals surface area contributed by atoms with Gasteiger partial charge in [0.1, 0.15) is 0 Å². The van der Waals surface area contributed by atoms with Crippen molar-refractivity contribution in [1.29, 1.82) is 0 Å². The van der Waals surface area contributed by atoms with Gasteiger partial charge in [-0.05, 0) is 32.6 Å². The first kappa shape index (κ1) is 14.0. The van der Waals surface area contributed by atoms with Gasteiger partial charge in [-0.15, -0.1) is 0 Å². The highest BCUT2D eigenvalue weighted by Gasteiger charge is 2.27. The van der Waals surface area contributed by atoms with E-state index in [1.54, 1.807) is 0 Å². The van der Waals surface area contributed by atoms with Crippen LogP contribution in [0, 0.1) is 5.92 Å². The SMILES string of the molecule is CCC(C)CC(C)N1CC(CC)NCC1C. The number of hydrogen-bond acceptors (Lipinski definition) is 2. The maximum Gasteiger partial charge on any atom is 0.0195 e. The van der Waals surface area contributed by atoms with Crippen molar-refractivity contribution >= 4 is 0 Å². The highest BCUT2D eigenvalue weighted by Crippen LogP contribution is 2.19. The van der Waals surface area contributed by atoms with Crippen molar-refractivity contribution in [3.8, 4) is 0 Å². The lowest BCUT2D eigenvalue weighted by atomic mass is 9.96. The van der Waals surface area contributed by atoms with Crippen LogP contribution < -0.4 is 5.32 Å². The second-order valence-electron chi connectivity index (χ2n) is 5.66. The Morgan fingerprint density at radius 2 is 2.00 bits per heavy atom. The molecule has 0 radical (unpaired) electrons. The van der Waals surface area contributed by atoms with Crippen LogP contribution >= 0.6 is 0 Å². The third-order valence-corrected chi connectivity index (χ3v) is 4.20. The third kappa shape index (κ3) is 3.74. The van der Waals surface area contributed by atoms with Crippen LogP contribution in [0.4, 0.5) is 0 Å². The van der Waals surface area contributed by atoms with Crippen molar-refractivity contribution in [3.05, 3.63) is 0 Å². The lowest BCUT2D eigenvalue weighted by molar-refractivity contribution is 0.0853. The van der Waals surface area contributed by atoms with E-state index >= 15 is 0 Å². The van der Waals surface area contributed by atoms with Crippen LogP contribution in [0.1, 0.15) is 53.9 Å². The van der Waals surface area contributed by atoms with Crippen LogP contribution in [-0.2, 0) is 0 Å². The summed E-state index contributed by atoms with van der Waals surface area (Å²) < 4.78 is 0. The first-order valence-electron chi connectivity index (χ1n) is 7.07. The van der Waals surface area contributed by atoms with Crippen LogP contribution in [0.5, 0.6) is 0 Å². The summed E-state index contributed by atoms with van der Waals surface area (Å²) in [7, 11) is 0. The molecular weight excluding hydrogens is 196 g/mol. The van der Waals surface area contributed by atoms with Crippen molar-refractivity contribution < 1.29 is 0 Å². The summed E-state index contributed by atoms with van der Waals surface area (Å²) >= 11 is 0. The largest absolute Gasteiger partial charge is 0.311 e. The molecule has 0 aromatic carbocycles. The van der Waals surface area contributed by atoms with E-state index in [2.05, 4.69) is 44.8 Å². The highest BCUT2D eigenvalue weighted by atomic mass is 15.2. The summed E-state index contributed by atoms with van der Waals surface area (Å²) in [5.41, 5.74) is 0. The molecule has 1 heterocycles. The zero-order chi connectivity index (χ0) is 12.1. The molecule has 0 aromatic heterocycles. The van der Waals surface area contributed by atoms with Crippen molar-refractivity contribution in [2.24, 2.45) is 5.92 Å². The molecule has 16 heavy (non-hydrogen) atoms. The fraction of sp³-hybridized carbons (Fsp3) is 1.00. The third-order valence-electron chi connectivity index (χ3n) is 4.20. The fourth-order valence-corrected chi connectivity index (χ4v) is 2.73. The van der Waals surface area contributed by atoms with E-state index in [9.17, 15) is 0 Å². The number of nitrogens with one attached hydrogen (secondary N) is 1. The summed E-state index contributed by atoms with van der Waals surface area (Å²) in [5, 5.41) is 3.63. The molecule has 0 bridgehead atoms. The quantitative estimate of drug-likeness (QED) is 0.775. The first-order chi connectivity index (χ1) is 7.58. The minimum Gasteiger partial charge on any atom is -0.311 e. The summed E-state index contributed by atoms with van der Waals surface area (Å²) in [4.78, 5) is 2.71. The van der Waals surface area contributed by atoms with Crippen molar-refractivity contribution in [2.45, 2.75) is 72.0 Å². The maximum atomic E-state index is 3.63. The smallest absolute Gasteiger partial charge is 0.0195 e. The van der Waals surface area contributed by atoms with E-state index in [0.717, 1.165) is 18.5 Å². The molecule has 2 nitrogen and oxygen atoms in total. The molecule has 1 N–H and O–H groups in total. The molecule has 0 spiro atoms. The van der Waals surface area contributed by atoms with Gasteiger partial charge in [0.2, 0.25) is 0 Å². The Kier molecular flexibility index (Phi) is 5.77. The van der Waals surface area contributed by atoms with E-state index in [1.165, 1.54) is 25.8 Å². The minimum absolute atomic E-state index is 0.696. The first-order valence-corrected chi connectivity index (χ1v) is 7.07. The predicted molar refractivity (Wildman–Crippen MR) is 71.8 cm³/mol. The Morgan fingerprint density at radius 3 is 2.56 bits per heavy atom. The van der Waals surface area contributed by atoms with Gasteiger partial charge in [-0.3, -0.25) is 4.90 Å². The standard InChI is InChI=1S/C14H30N2/c1-6-11(3)8-12(4)16-10-14(7-2)15-9-13(16)5/h11-15H,6-10H2,1-5H3.